The van der Waals surface area contributed by atoms with E-state index in [2.05, 4.69) is 0 Å². The van der Waals surface area contributed by atoms with Gasteiger partial charge >= 0.3 is 5.97 Å². The first-order valence-corrected chi connectivity index (χ1v) is 15.1. The number of benzene rings is 3. The molecule has 0 saturated carbocycles. The number of carbonyl (C=O) groups is 1. The molecule has 3 aromatic rings. The van der Waals surface area contributed by atoms with Crippen LogP contribution in [-0.4, -0.2) is 72.6 Å². The molecule has 0 bridgehead atoms. The Morgan fingerprint density at radius 1 is 1.02 bits per heavy atom. The second kappa shape index (κ2) is 12.0. The van der Waals surface area contributed by atoms with Crippen molar-refractivity contribution < 1.29 is 32.2 Å². The number of halogens is 4. The van der Waals surface area contributed by atoms with Crippen LogP contribution in [0.4, 0.5) is 23.2 Å². The molecule has 44 heavy (non-hydrogen) atoms. The average Bonchev–Trinajstić information content (AvgIpc) is 2.95. The summed E-state index contributed by atoms with van der Waals surface area (Å²) in [5, 5.41) is 9.19. The lowest BCUT2D eigenvalue weighted by Crippen LogP contribution is -2.63. The molecule has 0 aromatic heterocycles. The van der Waals surface area contributed by atoms with Crippen LogP contribution in [0.15, 0.2) is 60.7 Å². The predicted molar refractivity (Wildman–Crippen MR) is 159 cm³/mol. The summed E-state index contributed by atoms with van der Waals surface area (Å²) in [6, 6.07) is 16.6. The van der Waals surface area contributed by atoms with Crippen LogP contribution in [0.1, 0.15) is 48.1 Å². The van der Waals surface area contributed by atoms with E-state index in [0.29, 0.717) is 49.7 Å². The Hall–Kier alpha value is -3.63. The van der Waals surface area contributed by atoms with Crippen LogP contribution in [0.2, 0.25) is 0 Å². The van der Waals surface area contributed by atoms with Crippen molar-refractivity contribution in [3.8, 4) is 5.75 Å². The highest BCUT2D eigenvalue weighted by molar-refractivity contribution is 5.69. The standard InChI is InChI=1S/C34H37F4N3O3/c1-33(37,38)19-40-13-10-24-14-26(44-18-23-6-3-2-4-7-23)8-9-27(24)32(40)31-28(35)15-25(16-29(31)36)41-21-34(22-41)11-5-12-39(20-34)17-30(42)43/h2-4,6-9,14-16,32H,5,10-13,17-22H2,1H3,(H,42,43). The van der Waals surface area contributed by atoms with Crippen molar-refractivity contribution in [2.24, 2.45) is 5.41 Å². The number of fused-ring (bicyclic) bond motifs is 1. The fourth-order valence-corrected chi connectivity index (χ4v) is 7.21. The largest absolute Gasteiger partial charge is 0.489 e. The summed E-state index contributed by atoms with van der Waals surface area (Å²) in [6.45, 7) is 3.25. The highest BCUT2D eigenvalue weighted by atomic mass is 19.3. The molecule has 2 fully saturated rings. The molecule has 0 aliphatic carbocycles. The van der Waals surface area contributed by atoms with Gasteiger partial charge in [0, 0.05) is 49.8 Å². The Kier molecular flexibility index (Phi) is 8.32. The van der Waals surface area contributed by atoms with Gasteiger partial charge in [0.25, 0.3) is 5.92 Å². The average molecular weight is 612 g/mol. The Bertz CT molecular complexity index is 1480. The van der Waals surface area contributed by atoms with Crippen molar-refractivity contribution in [1.29, 1.82) is 0 Å². The fourth-order valence-electron chi connectivity index (χ4n) is 7.21. The maximum atomic E-state index is 16.0. The smallest absolute Gasteiger partial charge is 0.317 e. The first-order valence-electron chi connectivity index (χ1n) is 15.1. The number of rotatable bonds is 9. The van der Waals surface area contributed by atoms with Gasteiger partial charge in [0.15, 0.2) is 0 Å². The van der Waals surface area contributed by atoms with Gasteiger partial charge < -0.3 is 14.7 Å². The monoisotopic (exact) mass is 611 g/mol. The first kappa shape index (κ1) is 30.4. The number of hydrogen-bond acceptors (Lipinski definition) is 5. The van der Waals surface area contributed by atoms with Crippen LogP contribution in [0.5, 0.6) is 5.75 Å². The summed E-state index contributed by atoms with van der Waals surface area (Å²) in [4.78, 5) is 16.5. The zero-order chi connectivity index (χ0) is 31.1. The van der Waals surface area contributed by atoms with Gasteiger partial charge in [-0.25, -0.2) is 17.6 Å². The minimum absolute atomic E-state index is 0.0173. The summed E-state index contributed by atoms with van der Waals surface area (Å²) in [5.74, 6) is -4.86. The van der Waals surface area contributed by atoms with Crippen LogP contribution in [0.25, 0.3) is 0 Å². The van der Waals surface area contributed by atoms with Crippen molar-refractivity contribution in [2.45, 2.75) is 44.8 Å². The molecule has 10 heteroatoms. The van der Waals surface area contributed by atoms with E-state index < -0.39 is 36.1 Å². The van der Waals surface area contributed by atoms with Crippen LogP contribution in [0.3, 0.4) is 0 Å². The lowest BCUT2D eigenvalue weighted by Gasteiger charge is -2.55. The number of piperidine rings is 1. The zero-order valence-corrected chi connectivity index (χ0v) is 24.7. The van der Waals surface area contributed by atoms with E-state index in [4.69, 9.17) is 4.74 Å². The van der Waals surface area contributed by atoms with Crippen LogP contribution in [-0.2, 0) is 17.8 Å². The highest BCUT2D eigenvalue weighted by Gasteiger charge is 2.46. The van der Waals surface area contributed by atoms with Gasteiger partial charge in [0.2, 0.25) is 0 Å². The maximum absolute atomic E-state index is 16.0. The predicted octanol–water partition coefficient (Wildman–Crippen LogP) is 6.13. The number of aliphatic carboxylic acids is 1. The second-order valence-corrected chi connectivity index (χ2v) is 12.7. The first-order chi connectivity index (χ1) is 21.0. The van der Waals surface area contributed by atoms with Gasteiger partial charge in [-0.3, -0.25) is 14.6 Å². The number of ether oxygens (including phenoxy) is 1. The van der Waals surface area contributed by atoms with Gasteiger partial charge in [0.05, 0.1) is 19.1 Å². The topological polar surface area (TPSA) is 56.2 Å². The number of hydrogen-bond donors (Lipinski definition) is 1. The molecule has 0 amide bonds. The third-order valence-electron chi connectivity index (χ3n) is 9.03. The Morgan fingerprint density at radius 3 is 2.43 bits per heavy atom. The molecule has 0 radical (unpaired) electrons. The Balaban J connectivity index is 1.25. The van der Waals surface area contributed by atoms with Gasteiger partial charge in [-0.15, -0.1) is 0 Å². The lowest BCUT2D eigenvalue weighted by molar-refractivity contribution is -0.139. The number of alkyl halides is 2. The van der Waals surface area contributed by atoms with Crippen molar-refractivity contribution in [3.63, 3.8) is 0 Å². The maximum Gasteiger partial charge on any atom is 0.317 e. The van der Waals surface area contributed by atoms with Crippen molar-refractivity contribution >= 4 is 11.7 Å². The molecular formula is C34H37F4N3O3. The molecule has 1 unspecified atom stereocenters. The van der Waals surface area contributed by atoms with E-state index in [1.165, 1.54) is 17.0 Å². The fraction of sp³-hybridized carbons (Fsp3) is 0.441. The van der Waals surface area contributed by atoms with Gasteiger partial charge in [-0.2, -0.15) is 0 Å². The molecule has 1 spiro atoms. The lowest BCUT2D eigenvalue weighted by atomic mass is 9.73. The second-order valence-electron chi connectivity index (χ2n) is 12.7. The third-order valence-corrected chi connectivity index (χ3v) is 9.03. The van der Waals surface area contributed by atoms with Gasteiger partial charge in [-0.1, -0.05) is 36.4 Å². The summed E-state index contributed by atoms with van der Waals surface area (Å²) in [7, 11) is 0. The third kappa shape index (κ3) is 6.56. The normalized spacial score (nSPS) is 20.3. The molecule has 3 heterocycles. The van der Waals surface area contributed by atoms with E-state index in [9.17, 15) is 18.7 Å². The minimum Gasteiger partial charge on any atom is -0.489 e. The van der Waals surface area contributed by atoms with Crippen molar-refractivity contribution in [3.05, 3.63) is 94.6 Å². The molecule has 6 nitrogen and oxygen atoms in total. The van der Waals surface area contributed by atoms with E-state index in [-0.39, 0.29) is 24.1 Å². The zero-order valence-electron chi connectivity index (χ0n) is 24.7. The molecule has 2 saturated heterocycles. The SMILES string of the molecule is CC(F)(F)CN1CCc2cc(OCc3ccccc3)ccc2C1c1c(F)cc(N2CC3(CCCN(CC(=O)O)C3)C2)cc1F. The summed E-state index contributed by atoms with van der Waals surface area (Å²) in [5.41, 5.74) is 2.45. The Morgan fingerprint density at radius 2 is 1.75 bits per heavy atom. The number of anilines is 1. The minimum atomic E-state index is -3.05. The molecule has 6 rings (SSSR count). The number of likely N-dealkylation sites (tertiary alicyclic amines) is 1. The number of carboxylic acids is 1. The molecule has 1 atom stereocenters. The molecule has 1 N–H and O–H groups in total. The van der Waals surface area contributed by atoms with E-state index in [0.717, 1.165) is 37.4 Å². The van der Waals surface area contributed by atoms with Gasteiger partial charge in [0.1, 0.15) is 24.0 Å². The summed E-state index contributed by atoms with van der Waals surface area (Å²) < 4.78 is 66.5. The molecule has 3 aliphatic heterocycles. The Labute approximate surface area is 254 Å². The molecule has 3 aromatic carbocycles. The molecular weight excluding hydrogens is 574 g/mol. The van der Waals surface area contributed by atoms with Crippen LogP contribution < -0.4 is 9.64 Å². The van der Waals surface area contributed by atoms with Crippen LogP contribution in [0, 0.1) is 17.0 Å². The quantitative estimate of drug-likeness (QED) is 0.294. The van der Waals surface area contributed by atoms with Crippen molar-refractivity contribution in [1.82, 2.24) is 9.80 Å². The number of nitrogens with zero attached hydrogens (tertiary/aromatic N) is 3. The van der Waals surface area contributed by atoms with Gasteiger partial charge in [-0.05, 0) is 66.8 Å². The summed E-state index contributed by atoms with van der Waals surface area (Å²) >= 11 is 0. The van der Waals surface area contributed by atoms with Crippen LogP contribution >= 0.6 is 0 Å². The summed E-state index contributed by atoms with van der Waals surface area (Å²) in [6.07, 6.45) is 2.25. The van der Waals surface area contributed by atoms with E-state index in [1.54, 1.807) is 12.1 Å². The van der Waals surface area contributed by atoms with E-state index >= 15 is 8.78 Å². The highest BCUT2D eigenvalue weighted by Crippen LogP contribution is 2.44. The van der Waals surface area contributed by atoms with E-state index in [1.807, 2.05) is 46.2 Å². The molecule has 234 valence electrons. The van der Waals surface area contributed by atoms with Crippen molar-refractivity contribution in [2.75, 3.05) is 50.7 Å². The molecule has 3 aliphatic rings. The number of carboxylic acid groups (broad SMARTS) is 1.